The number of hydrogen-bond donors (Lipinski definition) is 1. The molecule has 0 saturated carbocycles. The number of carbonyl (C=O) groups is 1. The molecule has 0 bridgehead atoms. The molecule has 0 atom stereocenters. The predicted molar refractivity (Wildman–Crippen MR) is 84.5 cm³/mol. The fourth-order valence-corrected chi connectivity index (χ4v) is 2.03. The van der Waals surface area contributed by atoms with E-state index in [9.17, 15) is 4.79 Å². The summed E-state index contributed by atoms with van der Waals surface area (Å²) in [5.74, 6) is 0.519. The van der Waals surface area contributed by atoms with Gasteiger partial charge in [-0.05, 0) is 24.3 Å². The highest BCUT2D eigenvalue weighted by Gasteiger charge is 2.10. The summed E-state index contributed by atoms with van der Waals surface area (Å²) in [5, 5.41) is 3.48. The molecule has 0 radical (unpaired) electrons. The van der Waals surface area contributed by atoms with Crippen LogP contribution in [0.3, 0.4) is 0 Å². The standard InChI is InChI=1S/C14H19ClN2O3.ClH/c15-12-1-3-13(4-2-12)20-11-14(18)16-5-6-17-7-9-19-10-8-17;/h1-4H,5-11H2,(H,16,18);1H. The van der Waals surface area contributed by atoms with Crippen molar-refractivity contribution in [1.29, 1.82) is 0 Å². The third-order valence-corrected chi connectivity index (χ3v) is 3.29. The Hall–Kier alpha value is -1.01. The molecule has 1 heterocycles. The Labute approximate surface area is 135 Å². The molecule has 118 valence electrons. The van der Waals surface area contributed by atoms with Crippen molar-refractivity contribution in [3.05, 3.63) is 29.3 Å². The van der Waals surface area contributed by atoms with E-state index in [2.05, 4.69) is 10.2 Å². The Morgan fingerprint density at radius 2 is 1.95 bits per heavy atom. The van der Waals surface area contributed by atoms with Crippen molar-refractivity contribution in [2.45, 2.75) is 0 Å². The minimum Gasteiger partial charge on any atom is -0.484 e. The van der Waals surface area contributed by atoms with Gasteiger partial charge < -0.3 is 14.8 Å². The molecule has 1 aliphatic rings. The Kier molecular flexibility index (Phi) is 8.45. The third-order valence-electron chi connectivity index (χ3n) is 3.04. The average Bonchev–Trinajstić information content (AvgIpc) is 2.48. The van der Waals surface area contributed by atoms with Crippen LogP contribution in [0.2, 0.25) is 5.02 Å². The highest BCUT2D eigenvalue weighted by atomic mass is 35.5. The number of morpholine rings is 1. The molecular weight excluding hydrogens is 315 g/mol. The van der Waals surface area contributed by atoms with E-state index in [0.717, 1.165) is 32.8 Å². The first-order valence-electron chi connectivity index (χ1n) is 6.69. The van der Waals surface area contributed by atoms with Crippen LogP contribution in [-0.4, -0.2) is 56.8 Å². The van der Waals surface area contributed by atoms with Crippen molar-refractivity contribution >= 4 is 29.9 Å². The van der Waals surface area contributed by atoms with Crippen molar-refractivity contribution in [3.8, 4) is 5.75 Å². The number of amides is 1. The Morgan fingerprint density at radius 1 is 1.29 bits per heavy atom. The SMILES string of the molecule is Cl.O=C(COc1ccc(Cl)cc1)NCCN1CCOCC1. The number of halogens is 2. The number of carbonyl (C=O) groups excluding carboxylic acids is 1. The highest BCUT2D eigenvalue weighted by Crippen LogP contribution is 2.15. The largest absolute Gasteiger partial charge is 0.484 e. The van der Waals surface area contributed by atoms with Gasteiger partial charge in [0, 0.05) is 31.2 Å². The minimum absolute atomic E-state index is 0. The molecule has 1 amide bonds. The van der Waals surface area contributed by atoms with E-state index < -0.39 is 0 Å². The predicted octanol–water partition coefficient (Wildman–Crippen LogP) is 1.59. The molecule has 1 aromatic rings. The van der Waals surface area contributed by atoms with E-state index in [0.29, 0.717) is 17.3 Å². The zero-order valence-electron chi connectivity index (χ0n) is 11.7. The highest BCUT2D eigenvalue weighted by molar-refractivity contribution is 6.30. The van der Waals surface area contributed by atoms with Crippen LogP contribution in [-0.2, 0) is 9.53 Å². The summed E-state index contributed by atoms with van der Waals surface area (Å²) in [6.07, 6.45) is 0. The molecule has 0 aromatic heterocycles. The van der Waals surface area contributed by atoms with Crippen molar-refractivity contribution < 1.29 is 14.3 Å². The van der Waals surface area contributed by atoms with Crippen molar-refractivity contribution in [2.75, 3.05) is 46.0 Å². The van der Waals surface area contributed by atoms with Gasteiger partial charge in [-0.1, -0.05) is 11.6 Å². The quantitative estimate of drug-likeness (QED) is 0.858. The average molecular weight is 335 g/mol. The Bertz CT molecular complexity index is 423. The van der Waals surface area contributed by atoms with E-state index in [1.165, 1.54) is 0 Å². The first kappa shape index (κ1) is 18.0. The van der Waals surface area contributed by atoms with Crippen LogP contribution in [0, 0.1) is 0 Å². The van der Waals surface area contributed by atoms with E-state index in [1.54, 1.807) is 24.3 Å². The third kappa shape index (κ3) is 7.00. The second-order valence-corrected chi connectivity index (χ2v) is 4.98. The molecule has 5 nitrogen and oxygen atoms in total. The lowest BCUT2D eigenvalue weighted by molar-refractivity contribution is -0.123. The Morgan fingerprint density at radius 3 is 2.62 bits per heavy atom. The maximum absolute atomic E-state index is 11.6. The maximum Gasteiger partial charge on any atom is 0.257 e. The molecule has 1 fully saturated rings. The lowest BCUT2D eigenvalue weighted by Gasteiger charge is -2.26. The fraction of sp³-hybridized carbons (Fsp3) is 0.500. The van der Waals surface area contributed by atoms with Crippen LogP contribution < -0.4 is 10.1 Å². The van der Waals surface area contributed by atoms with Gasteiger partial charge in [0.1, 0.15) is 5.75 Å². The van der Waals surface area contributed by atoms with Gasteiger partial charge in [-0.2, -0.15) is 0 Å². The maximum atomic E-state index is 11.6. The van der Waals surface area contributed by atoms with Crippen LogP contribution in [0.25, 0.3) is 0 Å². The summed E-state index contributed by atoms with van der Waals surface area (Å²) < 4.78 is 10.6. The van der Waals surface area contributed by atoms with Gasteiger partial charge in [-0.3, -0.25) is 9.69 Å². The molecule has 7 heteroatoms. The molecule has 2 rings (SSSR count). The molecular formula is C14H20Cl2N2O3. The van der Waals surface area contributed by atoms with Crippen LogP contribution in [0.1, 0.15) is 0 Å². The summed E-state index contributed by atoms with van der Waals surface area (Å²) in [6, 6.07) is 6.94. The van der Waals surface area contributed by atoms with Gasteiger partial charge in [0.05, 0.1) is 13.2 Å². The number of ether oxygens (including phenoxy) is 2. The minimum atomic E-state index is -0.117. The zero-order valence-corrected chi connectivity index (χ0v) is 13.3. The molecule has 21 heavy (non-hydrogen) atoms. The number of nitrogens with one attached hydrogen (secondary N) is 1. The molecule has 1 saturated heterocycles. The normalized spacial score (nSPS) is 15.1. The summed E-state index contributed by atoms with van der Waals surface area (Å²) >= 11 is 5.77. The zero-order chi connectivity index (χ0) is 14.2. The topological polar surface area (TPSA) is 50.8 Å². The van der Waals surface area contributed by atoms with Gasteiger partial charge in [-0.25, -0.2) is 0 Å². The lowest BCUT2D eigenvalue weighted by Crippen LogP contribution is -2.42. The van der Waals surface area contributed by atoms with Crippen LogP contribution in [0.15, 0.2) is 24.3 Å². The van der Waals surface area contributed by atoms with Crippen LogP contribution in [0.5, 0.6) is 5.75 Å². The van der Waals surface area contributed by atoms with Crippen molar-refractivity contribution in [1.82, 2.24) is 10.2 Å². The van der Waals surface area contributed by atoms with Crippen LogP contribution >= 0.6 is 24.0 Å². The van der Waals surface area contributed by atoms with Crippen molar-refractivity contribution in [2.24, 2.45) is 0 Å². The molecule has 0 unspecified atom stereocenters. The van der Waals surface area contributed by atoms with E-state index in [4.69, 9.17) is 21.1 Å². The summed E-state index contributed by atoms with van der Waals surface area (Å²) in [5.41, 5.74) is 0. The fourth-order valence-electron chi connectivity index (χ4n) is 1.91. The number of rotatable bonds is 6. The van der Waals surface area contributed by atoms with Crippen molar-refractivity contribution in [3.63, 3.8) is 0 Å². The second-order valence-electron chi connectivity index (χ2n) is 4.55. The number of hydrogen-bond acceptors (Lipinski definition) is 4. The molecule has 0 spiro atoms. The number of benzene rings is 1. The first-order valence-corrected chi connectivity index (χ1v) is 7.07. The van der Waals surface area contributed by atoms with Gasteiger partial charge in [0.2, 0.25) is 0 Å². The Balaban J connectivity index is 0.00000220. The van der Waals surface area contributed by atoms with E-state index >= 15 is 0 Å². The van der Waals surface area contributed by atoms with E-state index in [-0.39, 0.29) is 24.9 Å². The summed E-state index contributed by atoms with van der Waals surface area (Å²) in [6.45, 7) is 4.89. The summed E-state index contributed by atoms with van der Waals surface area (Å²) in [4.78, 5) is 13.9. The van der Waals surface area contributed by atoms with Gasteiger partial charge in [0.15, 0.2) is 6.61 Å². The summed E-state index contributed by atoms with van der Waals surface area (Å²) in [7, 11) is 0. The van der Waals surface area contributed by atoms with Gasteiger partial charge >= 0.3 is 0 Å². The lowest BCUT2D eigenvalue weighted by atomic mass is 10.3. The molecule has 1 aromatic carbocycles. The van der Waals surface area contributed by atoms with Gasteiger partial charge in [-0.15, -0.1) is 12.4 Å². The van der Waals surface area contributed by atoms with E-state index in [1.807, 2.05) is 0 Å². The van der Waals surface area contributed by atoms with Gasteiger partial charge in [0.25, 0.3) is 5.91 Å². The molecule has 1 N–H and O–H groups in total. The number of nitrogens with zero attached hydrogens (tertiary/aromatic N) is 1. The molecule has 0 aliphatic carbocycles. The second kappa shape index (κ2) is 9.84. The first-order chi connectivity index (χ1) is 9.74. The molecule has 1 aliphatic heterocycles. The monoisotopic (exact) mass is 334 g/mol. The smallest absolute Gasteiger partial charge is 0.257 e. The van der Waals surface area contributed by atoms with Crippen LogP contribution in [0.4, 0.5) is 0 Å².